The number of aromatic nitrogens is 2. The molecule has 0 saturated carbocycles. The monoisotopic (exact) mass is 800 g/mol. The highest BCUT2D eigenvalue weighted by Crippen LogP contribution is 2.51. The molecule has 9 nitrogen and oxygen atoms in total. The lowest BCUT2D eigenvalue weighted by Crippen LogP contribution is -2.37. The first-order valence-electron chi connectivity index (χ1n) is 15.9. The predicted octanol–water partition coefficient (Wildman–Crippen LogP) is 9.09. The Balaban J connectivity index is 1.55. The molecule has 0 saturated heterocycles. The summed E-state index contributed by atoms with van der Waals surface area (Å²) in [4.78, 5) is 23.6. The quantitative estimate of drug-likeness (QED) is 0.174. The Bertz CT molecular complexity index is 2020. The van der Waals surface area contributed by atoms with Crippen molar-refractivity contribution in [2.45, 2.75) is 65.5 Å². The van der Waals surface area contributed by atoms with Crippen molar-refractivity contribution in [2.24, 2.45) is 0 Å². The fourth-order valence-corrected chi connectivity index (χ4v) is 7.88. The molecule has 0 amide bonds. The number of carbonyl (C=O) groups excluding carboxylic acids is 1. The molecule has 0 aliphatic carbocycles. The van der Waals surface area contributed by atoms with Gasteiger partial charge in [0.05, 0.1) is 25.8 Å². The summed E-state index contributed by atoms with van der Waals surface area (Å²) in [6, 6.07) is 15.1. The second-order valence-electron chi connectivity index (χ2n) is 12.8. The molecule has 0 fully saturated rings. The Morgan fingerprint density at radius 3 is 2.44 bits per heavy atom. The minimum Gasteiger partial charge on any atom is -0.490 e. The van der Waals surface area contributed by atoms with E-state index >= 15 is 0 Å². The third-order valence-corrected chi connectivity index (χ3v) is 10.7. The van der Waals surface area contributed by atoms with E-state index in [1.807, 2.05) is 44.2 Å². The Kier molecular flexibility index (Phi) is 10.8. The van der Waals surface area contributed by atoms with Crippen LogP contribution in [0.25, 0.3) is 21.3 Å². The summed E-state index contributed by atoms with van der Waals surface area (Å²) in [5, 5.41) is 11.4. The highest BCUT2D eigenvalue weighted by Gasteiger charge is 2.32. The number of hydrogen-bond donors (Lipinski definition) is 1. The van der Waals surface area contributed by atoms with E-state index < -0.39 is 23.8 Å². The van der Waals surface area contributed by atoms with E-state index in [9.17, 15) is 9.90 Å². The Hall–Kier alpha value is -3.61. The van der Waals surface area contributed by atoms with E-state index in [1.54, 1.807) is 39.0 Å². The number of benzene rings is 3. The van der Waals surface area contributed by atoms with Gasteiger partial charge in [0.1, 0.15) is 41.5 Å². The Labute approximate surface area is 312 Å². The minimum atomic E-state index is -1.16. The molecule has 13 heteroatoms. The number of aliphatic hydroxyl groups excluding tert-OH is 1. The number of thiophene rings is 1. The van der Waals surface area contributed by atoms with E-state index in [-0.39, 0.29) is 41.3 Å². The largest absolute Gasteiger partial charge is 0.490 e. The second-order valence-corrected chi connectivity index (χ2v) is 15.9. The summed E-state index contributed by atoms with van der Waals surface area (Å²) < 4.78 is 31.8. The zero-order valence-electron chi connectivity index (χ0n) is 28.0. The van der Waals surface area contributed by atoms with E-state index in [4.69, 9.17) is 46.9 Å². The van der Waals surface area contributed by atoms with E-state index in [0.717, 1.165) is 14.9 Å². The zero-order valence-corrected chi connectivity index (χ0v) is 31.9. The van der Waals surface area contributed by atoms with Gasteiger partial charge in [0.2, 0.25) is 12.0 Å². The first-order chi connectivity index (χ1) is 23.8. The molecular weight excluding hydrogens is 767 g/mol. The van der Waals surface area contributed by atoms with Crippen LogP contribution < -0.4 is 18.9 Å². The lowest BCUT2D eigenvalue weighted by atomic mass is 9.95. The van der Waals surface area contributed by atoms with Crippen LogP contribution in [0, 0.1) is 13.8 Å². The molecule has 3 aromatic carbocycles. The van der Waals surface area contributed by atoms with Crippen LogP contribution in [0.3, 0.4) is 0 Å². The van der Waals surface area contributed by atoms with E-state index in [0.29, 0.717) is 50.6 Å². The van der Waals surface area contributed by atoms with Crippen LogP contribution in [0.2, 0.25) is 10.0 Å². The lowest BCUT2D eigenvalue weighted by molar-refractivity contribution is -0.163. The number of rotatable bonds is 5. The molecule has 0 spiro atoms. The molecule has 262 valence electrons. The molecule has 50 heavy (non-hydrogen) atoms. The minimum absolute atomic E-state index is 0.0314. The summed E-state index contributed by atoms with van der Waals surface area (Å²) in [5.41, 5.74) is 3.58. The maximum atomic E-state index is 13.9. The van der Waals surface area contributed by atoms with E-state index in [2.05, 4.69) is 25.9 Å². The number of fused-ring (bicyclic) bond motifs is 7. The van der Waals surface area contributed by atoms with Gasteiger partial charge in [0.15, 0.2) is 11.9 Å². The SMILES string of the molecule is Cc1c(Cl)c2c(Cl)c(C)c1-c1c(Br)sc3ncnc(c13)O[C@@H](C(=O)OC(C)(C)C)Cc1cc(ccc1OCc1ccccc1)OC[C@@H](CO)O2. The number of nitrogens with zero attached hydrogens (tertiary/aromatic N) is 2. The summed E-state index contributed by atoms with van der Waals surface area (Å²) in [5.74, 6) is 0.806. The van der Waals surface area contributed by atoms with E-state index in [1.165, 1.54) is 17.7 Å². The first kappa shape index (κ1) is 36.2. The average molecular weight is 803 g/mol. The number of hydrogen-bond acceptors (Lipinski definition) is 10. The highest BCUT2D eigenvalue weighted by atomic mass is 79.9. The van der Waals surface area contributed by atoms with Crippen LogP contribution in [0.15, 0.2) is 58.6 Å². The van der Waals surface area contributed by atoms with Crippen LogP contribution in [-0.4, -0.2) is 52.1 Å². The lowest BCUT2D eigenvalue weighted by Gasteiger charge is -2.25. The third kappa shape index (κ3) is 7.67. The van der Waals surface area contributed by atoms with Crippen molar-refractivity contribution in [3.63, 3.8) is 0 Å². The van der Waals surface area contributed by atoms with Crippen molar-refractivity contribution in [2.75, 3.05) is 13.2 Å². The topological polar surface area (TPSA) is 109 Å². The molecular formula is C37H35BrCl2N2O7S. The zero-order chi connectivity index (χ0) is 35.7. The maximum Gasteiger partial charge on any atom is 0.348 e. The van der Waals surface area contributed by atoms with Crippen molar-refractivity contribution in [1.29, 1.82) is 0 Å². The molecule has 4 heterocycles. The van der Waals surface area contributed by atoms with Gasteiger partial charge in [-0.3, -0.25) is 0 Å². The fraction of sp³-hybridized carbons (Fsp3) is 0.324. The number of carbonyl (C=O) groups is 1. The van der Waals surface area contributed by atoms with Gasteiger partial charge in [0.25, 0.3) is 0 Å². The van der Waals surface area contributed by atoms with Crippen LogP contribution in [0.5, 0.6) is 23.1 Å². The molecule has 2 aromatic heterocycles. The van der Waals surface area contributed by atoms with Crippen LogP contribution in [-0.2, 0) is 22.6 Å². The fourth-order valence-electron chi connectivity index (χ4n) is 5.64. The van der Waals surface area contributed by atoms with Gasteiger partial charge in [-0.25, -0.2) is 14.8 Å². The van der Waals surface area contributed by atoms with Crippen molar-refractivity contribution < 1.29 is 33.6 Å². The average Bonchev–Trinajstić information content (AvgIpc) is 3.42. The van der Waals surface area contributed by atoms with Gasteiger partial charge < -0.3 is 28.8 Å². The van der Waals surface area contributed by atoms with Gasteiger partial charge >= 0.3 is 5.97 Å². The molecule has 2 aliphatic heterocycles. The molecule has 2 atom stereocenters. The van der Waals surface area contributed by atoms with Crippen molar-refractivity contribution >= 4 is 66.7 Å². The number of ether oxygens (including phenoxy) is 5. The van der Waals surface area contributed by atoms with Crippen LogP contribution in [0.4, 0.5) is 0 Å². The summed E-state index contributed by atoms with van der Waals surface area (Å²) in [6.45, 7) is 9.01. The molecule has 0 radical (unpaired) electrons. The van der Waals surface area contributed by atoms with Gasteiger partial charge in [-0.15, -0.1) is 11.3 Å². The molecule has 4 bridgehead atoms. The molecule has 2 aliphatic rings. The summed E-state index contributed by atoms with van der Waals surface area (Å²) in [6.07, 6.45) is -0.525. The van der Waals surface area contributed by atoms with Crippen molar-refractivity contribution in [3.8, 4) is 34.3 Å². The first-order valence-corrected chi connectivity index (χ1v) is 18.2. The Morgan fingerprint density at radius 2 is 1.76 bits per heavy atom. The molecule has 5 aromatic rings. The van der Waals surface area contributed by atoms with Gasteiger partial charge in [-0.05, 0) is 91.0 Å². The normalized spacial score (nSPS) is 16.3. The van der Waals surface area contributed by atoms with Gasteiger partial charge in [-0.1, -0.05) is 53.5 Å². The number of esters is 1. The van der Waals surface area contributed by atoms with Crippen molar-refractivity contribution in [1.82, 2.24) is 9.97 Å². The smallest absolute Gasteiger partial charge is 0.348 e. The predicted molar refractivity (Wildman–Crippen MR) is 198 cm³/mol. The molecule has 1 N–H and O–H groups in total. The molecule has 7 rings (SSSR count). The second kappa shape index (κ2) is 14.9. The summed E-state index contributed by atoms with van der Waals surface area (Å²) in [7, 11) is 0. The van der Waals surface area contributed by atoms with Crippen molar-refractivity contribution in [3.05, 3.63) is 90.9 Å². The number of aliphatic hydroxyl groups is 1. The van der Waals surface area contributed by atoms with Gasteiger partial charge in [0, 0.05) is 17.5 Å². The number of halogens is 3. The summed E-state index contributed by atoms with van der Waals surface area (Å²) >= 11 is 19.0. The Morgan fingerprint density at radius 1 is 1.04 bits per heavy atom. The standard InChI is InChI=1S/C37H35BrCl2N2O7S/c1-19-27-20(2)31(40)32(30(19)39)47-24(15-43)17-45-23-11-12-25(46-16-21-9-7-6-8-10-21)22(13-23)14-26(36(44)49-37(3,4)5)48-34-29-28(27)33(38)50-35(29)42-18-41-34/h6-13,18,24,26,43H,14-17H2,1-5H3/t24-,26-/m1/s1. The highest BCUT2D eigenvalue weighted by molar-refractivity contribution is 9.11. The van der Waals surface area contributed by atoms with Gasteiger partial charge in [-0.2, -0.15) is 0 Å². The van der Waals surface area contributed by atoms with Crippen LogP contribution >= 0.6 is 50.5 Å². The maximum absolute atomic E-state index is 13.9. The van der Waals surface area contributed by atoms with Crippen LogP contribution in [0.1, 0.15) is 43.0 Å². The molecule has 0 unspecified atom stereocenters. The third-order valence-electron chi connectivity index (χ3n) is 7.99.